The monoisotopic (exact) mass is 297 g/mol. The molecule has 0 saturated heterocycles. The Hall–Kier alpha value is -2.12. The molecule has 0 bridgehead atoms. The molecular weight excluding hydrogens is 290 g/mol. The largest absolute Gasteiger partial charge is 0.478 e. The zero-order valence-corrected chi connectivity index (χ0v) is 11.0. The van der Waals surface area contributed by atoms with Gasteiger partial charge in [0, 0.05) is 6.20 Å². The standard InChI is InChI=1S/C11H8ClN3O3S/c12-7-1-3-13-5-8(7)14-11(18)15-9-6(10(16)17)2-4-19-9/h1-5H,(H,16,17)(H2,14,15,18). The van der Waals surface area contributed by atoms with Gasteiger partial charge in [0.05, 0.1) is 22.5 Å². The molecule has 98 valence electrons. The first-order valence-electron chi connectivity index (χ1n) is 5.06. The molecule has 2 aromatic heterocycles. The topological polar surface area (TPSA) is 91.3 Å². The SMILES string of the molecule is O=C(Nc1cnccc1Cl)Nc1sccc1C(=O)O. The van der Waals surface area contributed by atoms with Crippen LogP contribution in [-0.2, 0) is 0 Å². The average molecular weight is 298 g/mol. The van der Waals surface area contributed by atoms with Crippen LogP contribution in [0.5, 0.6) is 0 Å². The number of carboxylic acids is 1. The number of aromatic carboxylic acids is 1. The first kappa shape index (κ1) is 13.3. The van der Waals surface area contributed by atoms with E-state index in [4.69, 9.17) is 16.7 Å². The van der Waals surface area contributed by atoms with Gasteiger partial charge in [-0.25, -0.2) is 9.59 Å². The number of hydrogen-bond donors (Lipinski definition) is 3. The van der Waals surface area contributed by atoms with E-state index in [1.165, 1.54) is 24.5 Å². The highest BCUT2D eigenvalue weighted by Gasteiger charge is 2.14. The van der Waals surface area contributed by atoms with Crippen molar-refractivity contribution in [3.8, 4) is 0 Å². The molecule has 8 heteroatoms. The Bertz CT molecular complexity index is 629. The molecule has 0 atom stereocenters. The van der Waals surface area contributed by atoms with Gasteiger partial charge in [0.2, 0.25) is 0 Å². The maximum atomic E-state index is 11.7. The molecule has 0 unspecified atom stereocenters. The van der Waals surface area contributed by atoms with Crippen molar-refractivity contribution in [3.05, 3.63) is 40.5 Å². The molecule has 0 radical (unpaired) electrons. The summed E-state index contributed by atoms with van der Waals surface area (Å²) in [6.45, 7) is 0. The number of urea groups is 1. The summed E-state index contributed by atoms with van der Waals surface area (Å²) in [5.41, 5.74) is 0.382. The van der Waals surface area contributed by atoms with Gasteiger partial charge in [0.25, 0.3) is 0 Å². The van der Waals surface area contributed by atoms with Crippen molar-refractivity contribution >= 4 is 45.6 Å². The molecule has 0 aliphatic rings. The molecule has 0 fully saturated rings. The number of aromatic nitrogens is 1. The van der Waals surface area contributed by atoms with E-state index in [0.29, 0.717) is 10.7 Å². The van der Waals surface area contributed by atoms with Crippen LogP contribution in [0.4, 0.5) is 15.5 Å². The van der Waals surface area contributed by atoms with Gasteiger partial charge in [-0.05, 0) is 17.5 Å². The molecule has 19 heavy (non-hydrogen) atoms. The minimum Gasteiger partial charge on any atom is -0.478 e. The number of carboxylic acid groups (broad SMARTS) is 1. The van der Waals surface area contributed by atoms with Gasteiger partial charge in [0.1, 0.15) is 5.00 Å². The van der Waals surface area contributed by atoms with Gasteiger partial charge in [-0.15, -0.1) is 11.3 Å². The van der Waals surface area contributed by atoms with Crippen molar-refractivity contribution in [2.75, 3.05) is 10.6 Å². The summed E-state index contributed by atoms with van der Waals surface area (Å²) in [7, 11) is 0. The minimum atomic E-state index is -1.10. The van der Waals surface area contributed by atoms with Crippen molar-refractivity contribution in [2.24, 2.45) is 0 Å². The summed E-state index contributed by atoms with van der Waals surface area (Å²) in [5, 5.41) is 16.0. The van der Waals surface area contributed by atoms with Gasteiger partial charge in [-0.2, -0.15) is 0 Å². The van der Waals surface area contributed by atoms with Crippen molar-refractivity contribution in [1.29, 1.82) is 0 Å². The highest BCUT2D eigenvalue weighted by molar-refractivity contribution is 7.14. The summed E-state index contributed by atoms with van der Waals surface area (Å²) < 4.78 is 0. The lowest BCUT2D eigenvalue weighted by Crippen LogP contribution is -2.20. The lowest BCUT2D eigenvalue weighted by molar-refractivity contribution is 0.0698. The number of amides is 2. The van der Waals surface area contributed by atoms with Crippen molar-refractivity contribution in [2.45, 2.75) is 0 Å². The third-order valence-electron chi connectivity index (χ3n) is 2.14. The zero-order chi connectivity index (χ0) is 13.8. The molecule has 2 amide bonds. The van der Waals surface area contributed by atoms with Gasteiger partial charge < -0.3 is 10.4 Å². The normalized spacial score (nSPS) is 9.95. The molecule has 2 heterocycles. The van der Waals surface area contributed by atoms with Gasteiger partial charge >= 0.3 is 12.0 Å². The van der Waals surface area contributed by atoms with E-state index in [2.05, 4.69) is 15.6 Å². The molecule has 0 aromatic carbocycles. The number of halogens is 1. The molecule has 0 spiro atoms. The van der Waals surface area contributed by atoms with Crippen LogP contribution in [-0.4, -0.2) is 22.1 Å². The van der Waals surface area contributed by atoms with Crippen molar-refractivity contribution < 1.29 is 14.7 Å². The maximum absolute atomic E-state index is 11.7. The van der Waals surface area contributed by atoms with E-state index < -0.39 is 12.0 Å². The molecule has 3 N–H and O–H groups in total. The third kappa shape index (κ3) is 3.21. The summed E-state index contributed by atoms with van der Waals surface area (Å²) in [4.78, 5) is 26.4. The number of rotatable bonds is 3. The molecule has 2 rings (SSSR count). The fraction of sp³-hybridized carbons (Fsp3) is 0. The number of carbonyl (C=O) groups is 2. The van der Waals surface area contributed by atoms with E-state index in [1.54, 1.807) is 5.38 Å². The number of nitrogens with zero attached hydrogens (tertiary/aromatic N) is 1. The Kier molecular flexibility index (Phi) is 3.98. The Labute approximate surface area is 117 Å². The third-order valence-corrected chi connectivity index (χ3v) is 3.30. The highest BCUT2D eigenvalue weighted by Crippen LogP contribution is 2.24. The Balaban J connectivity index is 2.08. The predicted octanol–water partition coefficient (Wildman–Crippen LogP) is 3.14. The van der Waals surface area contributed by atoms with Crippen molar-refractivity contribution in [1.82, 2.24) is 4.98 Å². The second-order valence-electron chi connectivity index (χ2n) is 3.40. The lowest BCUT2D eigenvalue weighted by atomic mass is 10.3. The summed E-state index contributed by atoms with van der Waals surface area (Å²) in [5.74, 6) is -1.10. The van der Waals surface area contributed by atoms with E-state index in [9.17, 15) is 9.59 Å². The maximum Gasteiger partial charge on any atom is 0.338 e. The first-order valence-corrected chi connectivity index (χ1v) is 6.32. The first-order chi connectivity index (χ1) is 9.08. The van der Waals surface area contributed by atoms with Gasteiger partial charge in [-0.1, -0.05) is 11.6 Å². The predicted molar refractivity (Wildman–Crippen MR) is 73.2 cm³/mol. The fourth-order valence-corrected chi connectivity index (χ4v) is 2.23. The number of nitrogens with one attached hydrogen (secondary N) is 2. The van der Waals surface area contributed by atoms with Crippen LogP contribution in [0, 0.1) is 0 Å². The smallest absolute Gasteiger partial charge is 0.338 e. The minimum absolute atomic E-state index is 0.0393. The van der Waals surface area contributed by atoms with Crippen LogP contribution in [0.3, 0.4) is 0 Å². The number of thiophene rings is 1. The summed E-state index contributed by atoms with van der Waals surface area (Å²) >= 11 is 6.98. The average Bonchev–Trinajstić information content (AvgIpc) is 2.80. The second-order valence-corrected chi connectivity index (χ2v) is 4.73. The Morgan fingerprint density at radius 2 is 2.11 bits per heavy atom. The van der Waals surface area contributed by atoms with Crippen molar-refractivity contribution in [3.63, 3.8) is 0 Å². The number of pyridine rings is 1. The summed E-state index contributed by atoms with van der Waals surface area (Å²) in [6, 6.07) is 2.37. The van der Waals surface area contributed by atoms with Gasteiger partial charge in [0.15, 0.2) is 0 Å². The second kappa shape index (κ2) is 5.68. The molecule has 6 nitrogen and oxygen atoms in total. The fourth-order valence-electron chi connectivity index (χ4n) is 1.30. The Morgan fingerprint density at radius 3 is 2.79 bits per heavy atom. The molecule has 0 aliphatic heterocycles. The van der Waals surface area contributed by atoms with Crippen LogP contribution >= 0.6 is 22.9 Å². The van der Waals surface area contributed by atoms with Crippen LogP contribution in [0.15, 0.2) is 29.9 Å². The summed E-state index contributed by atoms with van der Waals surface area (Å²) in [6.07, 6.45) is 2.89. The van der Waals surface area contributed by atoms with Crippen LogP contribution in [0.2, 0.25) is 5.02 Å². The Morgan fingerprint density at radius 1 is 1.32 bits per heavy atom. The molecular formula is C11H8ClN3O3S. The van der Waals surface area contributed by atoms with Crippen LogP contribution in [0.25, 0.3) is 0 Å². The van der Waals surface area contributed by atoms with Crippen LogP contribution in [0.1, 0.15) is 10.4 Å². The van der Waals surface area contributed by atoms with E-state index in [-0.39, 0.29) is 10.6 Å². The van der Waals surface area contributed by atoms with Gasteiger partial charge in [-0.3, -0.25) is 10.3 Å². The quantitative estimate of drug-likeness (QED) is 0.811. The molecule has 0 saturated carbocycles. The van der Waals surface area contributed by atoms with Crippen LogP contribution < -0.4 is 10.6 Å². The zero-order valence-electron chi connectivity index (χ0n) is 9.38. The number of carbonyl (C=O) groups excluding carboxylic acids is 1. The highest BCUT2D eigenvalue weighted by atomic mass is 35.5. The molecule has 0 aliphatic carbocycles. The number of anilines is 2. The van der Waals surface area contributed by atoms with E-state index in [1.807, 2.05) is 0 Å². The number of hydrogen-bond acceptors (Lipinski definition) is 4. The van der Waals surface area contributed by atoms with E-state index >= 15 is 0 Å². The van der Waals surface area contributed by atoms with E-state index in [0.717, 1.165) is 11.3 Å². The molecule has 2 aromatic rings. The lowest BCUT2D eigenvalue weighted by Gasteiger charge is -2.07.